The zero-order valence-corrected chi connectivity index (χ0v) is 15.4. The number of aryl methyl sites for hydroxylation is 2. The van der Waals surface area contributed by atoms with Crippen LogP contribution in [0.3, 0.4) is 0 Å². The van der Waals surface area contributed by atoms with Crippen LogP contribution in [0.2, 0.25) is 0 Å². The van der Waals surface area contributed by atoms with Crippen molar-refractivity contribution in [3.63, 3.8) is 0 Å². The topological polar surface area (TPSA) is 58.6 Å². The molecule has 0 bridgehead atoms. The Hall–Kier alpha value is -2.63. The van der Waals surface area contributed by atoms with Crippen LogP contribution in [0.25, 0.3) is 0 Å². The highest BCUT2D eigenvalue weighted by molar-refractivity contribution is 5.94. The Labute approximate surface area is 153 Å². The summed E-state index contributed by atoms with van der Waals surface area (Å²) in [4.78, 5) is 25.7. The number of amides is 1. The monoisotopic (exact) mass is 352 g/mol. The second-order valence-corrected chi connectivity index (χ2v) is 6.96. The number of ether oxygens (including phenoxy) is 1. The molecule has 6 heteroatoms. The summed E-state index contributed by atoms with van der Waals surface area (Å²) >= 11 is 0. The number of rotatable bonds is 2. The number of anilines is 1. The Balaban J connectivity index is 1.44. The largest absolute Gasteiger partial charge is 0.493 e. The van der Waals surface area contributed by atoms with E-state index in [0.717, 1.165) is 66.5 Å². The number of aromatic nitrogens is 2. The number of carbonyl (C=O) groups excluding carboxylic acids is 1. The van der Waals surface area contributed by atoms with Gasteiger partial charge in [0.25, 0.3) is 5.91 Å². The third kappa shape index (κ3) is 3.11. The number of piperazine rings is 1. The summed E-state index contributed by atoms with van der Waals surface area (Å²) in [6, 6.07) is 5.82. The van der Waals surface area contributed by atoms with E-state index in [-0.39, 0.29) is 5.91 Å². The predicted molar refractivity (Wildman–Crippen MR) is 99.9 cm³/mol. The van der Waals surface area contributed by atoms with Gasteiger partial charge in [0.05, 0.1) is 6.61 Å². The van der Waals surface area contributed by atoms with E-state index >= 15 is 0 Å². The SMILES string of the molecule is Cc1ncnc(N2CCN(C(=O)c3ccc4c(c3)CCCO4)CC2)c1C. The number of benzene rings is 1. The molecule has 1 aromatic carbocycles. The molecule has 0 saturated carbocycles. The van der Waals surface area contributed by atoms with Gasteiger partial charge in [0, 0.05) is 43.0 Å². The number of hydrogen-bond donors (Lipinski definition) is 0. The average molecular weight is 352 g/mol. The zero-order valence-electron chi connectivity index (χ0n) is 15.4. The molecule has 1 saturated heterocycles. The lowest BCUT2D eigenvalue weighted by Crippen LogP contribution is -2.49. The minimum absolute atomic E-state index is 0.105. The highest BCUT2D eigenvalue weighted by atomic mass is 16.5. The number of carbonyl (C=O) groups is 1. The first-order chi connectivity index (χ1) is 12.6. The van der Waals surface area contributed by atoms with Crippen LogP contribution in [-0.2, 0) is 6.42 Å². The quantitative estimate of drug-likeness (QED) is 0.831. The summed E-state index contributed by atoms with van der Waals surface area (Å²) in [5.41, 5.74) is 4.02. The molecule has 3 heterocycles. The van der Waals surface area contributed by atoms with Gasteiger partial charge in [-0.3, -0.25) is 4.79 Å². The molecule has 1 amide bonds. The molecular weight excluding hydrogens is 328 g/mol. The fourth-order valence-electron chi connectivity index (χ4n) is 3.64. The molecule has 0 aliphatic carbocycles. The molecule has 0 unspecified atom stereocenters. The summed E-state index contributed by atoms with van der Waals surface area (Å²) in [5, 5.41) is 0. The van der Waals surface area contributed by atoms with Gasteiger partial charge < -0.3 is 14.5 Å². The van der Waals surface area contributed by atoms with Gasteiger partial charge in [-0.1, -0.05) is 0 Å². The molecule has 4 rings (SSSR count). The van der Waals surface area contributed by atoms with E-state index in [1.165, 1.54) is 0 Å². The predicted octanol–water partition coefficient (Wildman–Crippen LogP) is 2.38. The van der Waals surface area contributed by atoms with Crippen molar-refractivity contribution in [2.75, 3.05) is 37.7 Å². The van der Waals surface area contributed by atoms with Gasteiger partial charge in [-0.2, -0.15) is 0 Å². The first-order valence-corrected chi connectivity index (χ1v) is 9.21. The van der Waals surface area contributed by atoms with E-state index in [0.29, 0.717) is 13.1 Å². The molecule has 0 N–H and O–H groups in total. The molecule has 1 fully saturated rings. The second kappa shape index (κ2) is 6.94. The smallest absolute Gasteiger partial charge is 0.253 e. The molecule has 0 radical (unpaired) electrons. The Kier molecular flexibility index (Phi) is 4.49. The van der Waals surface area contributed by atoms with Crippen molar-refractivity contribution in [3.05, 3.63) is 46.9 Å². The summed E-state index contributed by atoms with van der Waals surface area (Å²) in [6.07, 6.45) is 3.61. The molecule has 1 aromatic heterocycles. The van der Waals surface area contributed by atoms with Gasteiger partial charge in [0.1, 0.15) is 17.9 Å². The van der Waals surface area contributed by atoms with Crippen LogP contribution in [-0.4, -0.2) is 53.6 Å². The minimum Gasteiger partial charge on any atom is -0.493 e. The number of fused-ring (bicyclic) bond motifs is 1. The fraction of sp³-hybridized carbons (Fsp3) is 0.450. The minimum atomic E-state index is 0.105. The Morgan fingerprint density at radius 3 is 2.73 bits per heavy atom. The molecular formula is C20H24N4O2. The highest BCUT2D eigenvalue weighted by Gasteiger charge is 2.25. The Morgan fingerprint density at radius 1 is 1.12 bits per heavy atom. The first-order valence-electron chi connectivity index (χ1n) is 9.21. The van der Waals surface area contributed by atoms with Crippen molar-refractivity contribution >= 4 is 11.7 Å². The summed E-state index contributed by atoms with van der Waals surface area (Å²) in [5.74, 6) is 2.01. The van der Waals surface area contributed by atoms with Crippen molar-refractivity contribution < 1.29 is 9.53 Å². The summed E-state index contributed by atoms with van der Waals surface area (Å²) < 4.78 is 5.64. The zero-order chi connectivity index (χ0) is 18.1. The first kappa shape index (κ1) is 16.8. The van der Waals surface area contributed by atoms with Gasteiger partial charge in [-0.25, -0.2) is 9.97 Å². The van der Waals surface area contributed by atoms with Gasteiger partial charge in [0.15, 0.2) is 0 Å². The molecule has 0 spiro atoms. The maximum absolute atomic E-state index is 12.9. The summed E-state index contributed by atoms with van der Waals surface area (Å²) in [6.45, 7) is 7.81. The van der Waals surface area contributed by atoms with Crippen molar-refractivity contribution in [1.82, 2.24) is 14.9 Å². The molecule has 2 aliphatic rings. The van der Waals surface area contributed by atoms with Crippen LogP contribution in [0.5, 0.6) is 5.75 Å². The van der Waals surface area contributed by atoms with Crippen molar-refractivity contribution in [1.29, 1.82) is 0 Å². The van der Waals surface area contributed by atoms with Crippen molar-refractivity contribution in [3.8, 4) is 5.75 Å². The number of hydrogen-bond acceptors (Lipinski definition) is 5. The van der Waals surface area contributed by atoms with Crippen molar-refractivity contribution in [2.24, 2.45) is 0 Å². The third-order valence-corrected chi connectivity index (χ3v) is 5.33. The molecule has 26 heavy (non-hydrogen) atoms. The van der Waals surface area contributed by atoms with Crippen LogP contribution >= 0.6 is 0 Å². The van der Waals surface area contributed by atoms with Crippen LogP contribution in [0, 0.1) is 13.8 Å². The summed E-state index contributed by atoms with van der Waals surface area (Å²) in [7, 11) is 0. The molecule has 2 aromatic rings. The van der Waals surface area contributed by atoms with E-state index in [9.17, 15) is 4.79 Å². The van der Waals surface area contributed by atoms with Gasteiger partial charge >= 0.3 is 0 Å². The fourth-order valence-corrected chi connectivity index (χ4v) is 3.64. The lowest BCUT2D eigenvalue weighted by molar-refractivity contribution is 0.0746. The lowest BCUT2D eigenvalue weighted by atomic mass is 10.0. The molecule has 136 valence electrons. The van der Waals surface area contributed by atoms with E-state index in [2.05, 4.69) is 21.8 Å². The number of nitrogens with zero attached hydrogens (tertiary/aromatic N) is 4. The Morgan fingerprint density at radius 2 is 1.92 bits per heavy atom. The average Bonchev–Trinajstić information content (AvgIpc) is 2.69. The van der Waals surface area contributed by atoms with Crippen LogP contribution < -0.4 is 9.64 Å². The Bertz CT molecular complexity index is 829. The molecule has 0 atom stereocenters. The van der Waals surface area contributed by atoms with Gasteiger partial charge in [-0.15, -0.1) is 0 Å². The normalized spacial score (nSPS) is 16.8. The second-order valence-electron chi connectivity index (χ2n) is 6.96. The van der Waals surface area contributed by atoms with Gasteiger partial charge in [0.2, 0.25) is 0 Å². The third-order valence-electron chi connectivity index (χ3n) is 5.33. The maximum atomic E-state index is 12.9. The van der Waals surface area contributed by atoms with E-state index in [4.69, 9.17) is 4.74 Å². The maximum Gasteiger partial charge on any atom is 0.253 e. The highest BCUT2D eigenvalue weighted by Crippen LogP contribution is 2.26. The standard InChI is InChI=1S/C20H24N4O2/c1-14-15(2)21-13-22-19(14)23-7-9-24(10-8-23)20(25)17-5-6-18-16(12-17)4-3-11-26-18/h5-6,12-13H,3-4,7-11H2,1-2H3. The molecule has 6 nitrogen and oxygen atoms in total. The van der Waals surface area contributed by atoms with E-state index in [1.807, 2.05) is 30.0 Å². The van der Waals surface area contributed by atoms with Crippen LogP contribution in [0.4, 0.5) is 5.82 Å². The van der Waals surface area contributed by atoms with E-state index in [1.54, 1.807) is 6.33 Å². The van der Waals surface area contributed by atoms with E-state index < -0.39 is 0 Å². The van der Waals surface area contributed by atoms with Crippen LogP contribution in [0.1, 0.15) is 33.6 Å². The lowest BCUT2D eigenvalue weighted by Gasteiger charge is -2.36. The van der Waals surface area contributed by atoms with Gasteiger partial charge in [-0.05, 0) is 50.5 Å². The van der Waals surface area contributed by atoms with Crippen molar-refractivity contribution in [2.45, 2.75) is 26.7 Å². The molecule has 2 aliphatic heterocycles. The van der Waals surface area contributed by atoms with Crippen LogP contribution in [0.15, 0.2) is 24.5 Å².